The highest BCUT2D eigenvalue weighted by atomic mass is 31.1. The molecule has 0 fully saturated rings. The molecular weight excluding hydrogens is 307 g/mol. The number of carbonyl (C=O) groups is 2. The van der Waals surface area contributed by atoms with Crippen LogP contribution < -0.4 is 10.6 Å². The van der Waals surface area contributed by atoms with Crippen LogP contribution in [0, 0.1) is 0 Å². The van der Waals surface area contributed by atoms with E-state index in [9.17, 15) is 9.59 Å². The standard InChI is InChI=1S/2C7H13NO.H3O3P/c2*1-3-5-6-8-7(9)4-2;1-4(2)3/h2*4H,2-3,5-6H2,1H3,(H,8,9);4H,(H2,1,2,3). The average Bonchev–Trinajstić information content (AvgIpc) is 2.47. The summed E-state index contributed by atoms with van der Waals surface area (Å²) in [5, 5.41) is 5.35. The number of unbranched alkanes of at least 4 members (excludes halogenated alkanes) is 2. The van der Waals surface area contributed by atoms with Crippen LogP contribution in [0.5, 0.6) is 0 Å². The highest BCUT2D eigenvalue weighted by Gasteiger charge is 1.89. The van der Waals surface area contributed by atoms with Gasteiger partial charge in [-0.1, -0.05) is 39.8 Å². The first kappa shape index (κ1) is 25.5. The van der Waals surface area contributed by atoms with Gasteiger partial charge in [0.25, 0.3) is 0 Å². The highest BCUT2D eigenvalue weighted by molar-refractivity contribution is 7.30. The summed E-state index contributed by atoms with van der Waals surface area (Å²) in [5.74, 6) is -0.160. The van der Waals surface area contributed by atoms with Crippen molar-refractivity contribution >= 4 is 20.1 Å². The zero-order valence-corrected chi connectivity index (χ0v) is 14.4. The zero-order valence-electron chi connectivity index (χ0n) is 13.4. The molecule has 0 saturated heterocycles. The van der Waals surface area contributed by atoms with E-state index < -0.39 is 8.25 Å². The Morgan fingerprint density at radius 3 is 1.41 bits per heavy atom. The van der Waals surface area contributed by atoms with Crippen molar-refractivity contribution in [3.8, 4) is 0 Å². The monoisotopic (exact) mass is 336 g/mol. The molecular formula is C14H29N2O5P. The van der Waals surface area contributed by atoms with Crippen molar-refractivity contribution in [2.75, 3.05) is 13.1 Å². The van der Waals surface area contributed by atoms with E-state index >= 15 is 0 Å². The smallest absolute Gasteiger partial charge is 0.314 e. The molecule has 0 saturated carbocycles. The molecule has 130 valence electrons. The Balaban J connectivity index is -0.000000266. The van der Waals surface area contributed by atoms with Crippen LogP contribution in [0.3, 0.4) is 0 Å². The van der Waals surface area contributed by atoms with Crippen LogP contribution in [-0.4, -0.2) is 34.7 Å². The van der Waals surface area contributed by atoms with Crippen LogP contribution in [0.25, 0.3) is 0 Å². The summed E-state index contributed by atoms with van der Waals surface area (Å²) in [5.41, 5.74) is 0. The molecule has 0 aromatic heterocycles. The van der Waals surface area contributed by atoms with Gasteiger partial charge in [-0.2, -0.15) is 0 Å². The van der Waals surface area contributed by atoms with Gasteiger partial charge in [0.05, 0.1) is 0 Å². The summed E-state index contributed by atoms with van der Waals surface area (Å²) in [6.45, 7) is 12.4. The lowest BCUT2D eigenvalue weighted by atomic mass is 10.3. The van der Waals surface area contributed by atoms with Gasteiger partial charge in [0.15, 0.2) is 0 Å². The van der Waals surface area contributed by atoms with Gasteiger partial charge < -0.3 is 20.4 Å². The van der Waals surface area contributed by atoms with Gasteiger partial charge in [0.1, 0.15) is 0 Å². The van der Waals surface area contributed by atoms with Gasteiger partial charge in [-0.25, -0.2) is 0 Å². The summed E-state index contributed by atoms with van der Waals surface area (Å²) in [7, 11) is -3.13. The van der Waals surface area contributed by atoms with E-state index in [1.165, 1.54) is 12.2 Å². The molecule has 4 N–H and O–H groups in total. The summed E-state index contributed by atoms with van der Waals surface area (Å²) in [4.78, 5) is 35.2. The van der Waals surface area contributed by atoms with E-state index in [0.717, 1.165) is 38.8 Å². The number of hydrogen-bond donors (Lipinski definition) is 4. The van der Waals surface area contributed by atoms with Crippen molar-refractivity contribution < 1.29 is 23.9 Å². The normalized spacial score (nSPS) is 8.59. The van der Waals surface area contributed by atoms with Crippen LogP contribution in [0.15, 0.2) is 25.3 Å². The second-order valence-electron chi connectivity index (χ2n) is 3.98. The van der Waals surface area contributed by atoms with E-state index in [4.69, 9.17) is 14.4 Å². The van der Waals surface area contributed by atoms with E-state index in [1.54, 1.807) is 0 Å². The van der Waals surface area contributed by atoms with E-state index in [-0.39, 0.29) is 11.8 Å². The number of nitrogens with one attached hydrogen (secondary N) is 2. The molecule has 22 heavy (non-hydrogen) atoms. The first-order chi connectivity index (χ1) is 10.3. The molecule has 0 radical (unpaired) electrons. The Bertz CT molecular complexity index is 305. The quantitative estimate of drug-likeness (QED) is 0.305. The summed E-state index contributed by atoms with van der Waals surface area (Å²) >= 11 is 0. The lowest BCUT2D eigenvalue weighted by Crippen LogP contribution is -2.21. The van der Waals surface area contributed by atoms with Gasteiger partial charge >= 0.3 is 8.25 Å². The van der Waals surface area contributed by atoms with Crippen molar-refractivity contribution in [3.05, 3.63) is 25.3 Å². The maximum atomic E-state index is 10.5. The third-order valence-corrected chi connectivity index (χ3v) is 2.03. The molecule has 0 bridgehead atoms. The number of hydrogen-bond acceptors (Lipinski definition) is 3. The predicted molar refractivity (Wildman–Crippen MR) is 89.7 cm³/mol. The van der Waals surface area contributed by atoms with Crippen molar-refractivity contribution in [1.82, 2.24) is 10.6 Å². The third-order valence-electron chi connectivity index (χ3n) is 2.03. The minimum Gasteiger partial charge on any atom is -0.353 e. The molecule has 0 aromatic carbocycles. The highest BCUT2D eigenvalue weighted by Crippen LogP contribution is 1.98. The van der Waals surface area contributed by atoms with Crippen molar-refractivity contribution in [3.63, 3.8) is 0 Å². The van der Waals surface area contributed by atoms with Crippen molar-refractivity contribution in [1.29, 1.82) is 0 Å². The Morgan fingerprint density at radius 2 is 1.23 bits per heavy atom. The SMILES string of the molecule is C=CC(=O)NCCCC.C=CC(=O)NCCCC.O=[PH](O)O. The lowest BCUT2D eigenvalue weighted by Gasteiger charge is -1.97. The van der Waals surface area contributed by atoms with Crippen LogP contribution >= 0.6 is 8.25 Å². The van der Waals surface area contributed by atoms with Crippen LogP contribution in [0.1, 0.15) is 39.5 Å². The third kappa shape index (κ3) is 36.3. The molecule has 0 spiro atoms. The Labute approximate surface area is 133 Å². The maximum absolute atomic E-state index is 10.5. The molecule has 2 amide bonds. The molecule has 0 heterocycles. The van der Waals surface area contributed by atoms with Crippen LogP contribution in [0.2, 0.25) is 0 Å². The minimum atomic E-state index is -3.13. The second kappa shape index (κ2) is 21.9. The van der Waals surface area contributed by atoms with Crippen LogP contribution in [0.4, 0.5) is 0 Å². The molecule has 7 nitrogen and oxygen atoms in total. The Morgan fingerprint density at radius 1 is 0.955 bits per heavy atom. The fourth-order valence-corrected chi connectivity index (χ4v) is 0.921. The molecule has 8 heteroatoms. The maximum Gasteiger partial charge on any atom is 0.314 e. The fraction of sp³-hybridized carbons (Fsp3) is 0.571. The van der Waals surface area contributed by atoms with Gasteiger partial charge in [0, 0.05) is 13.1 Å². The van der Waals surface area contributed by atoms with Crippen molar-refractivity contribution in [2.24, 2.45) is 0 Å². The summed E-state index contributed by atoms with van der Waals surface area (Å²) in [6.07, 6.45) is 6.87. The lowest BCUT2D eigenvalue weighted by molar-refractivity contribution is -0.117. The van der Waals surface area contributed by atoms with Gasteiger partial charge in [0.2, 0.25) is 11.8 Å². The zero-order chi connectivity index (χ0) is 17.8. The Hall–Kier alpha value is -1.43. The topological polar surface area (TPSA) is 116 Å². The summed E-state index contributed by atoms with van der Waals surface area (Å²) in [6, 6.07) is 0. The Kier molecular flexibility index (Phi) is 25.4. The number of amides is 2. The van der Waals surface area contributed by atoms with E-state index in [2.05, 4.69) is 37.6 Å². The van der Waals surface area contributed by atoms with Gasteiger partial charge in [-0.15, -0.1) is 0 Å². The number of carbonyl (C=O) groups excluding carboxylic acids is 2. The predicted octanol–water partition coefficient (Wildman–Crippen LogP) is 1.54. The molecule has 0 rings (SSSR count). The van der Waals surface area contributed by atoms with Gasteiger partial charge in [-0.05, 0) is 25.0 Å². The second-order valence-corrected chi connectivity index (χ2v) is 4.55. The largest absolute Gasteiger partial charge is 0.353 e. The van der Waals surface area contributed by atoms with Crippen LogP contribution in [-0.2, 0) is 14.2 Å². The first-order valence-corrected chi connectivity index (χ1v) is 8.38. The molecule has 0 aromatic rings. The van der Waals surface area contributed by atoms with Crippen molar-refractivity contribution in [2.45, 2.75) is 39.5 Å². The van der Waals surface area contributed by atoms with Gasteiger partial charge in [-0.3, -0.25) is 14.2 Å². The minimum absolute atomic E-state index is 0.0801. The fourth-order valence-electron chi connectivity index (χ4n) is 0.921. The molecule has 0 atom stereocenters. The summed E-state index contributed by atoms with van der Waals surface area (Å²) < 4.78 is 8.74. The van der Waals surface area contributed by atoms with E-state index in [1.807, 2.05) is 0 Å². The first-order valence-electron chi connectivity index (χ1n) is 7.07. The molecule has 0 aliphatic carbocycles. The number of rotatable bonds is 8. The average molecular weight is 336 g/mol. The van der Waals surface area contributed by atoms with E-state index in [0.29, 0.717) is 0 Å². The molecule has 0 aliphatic rings. The molecule has 0 aliphatic heterocycles. The molecule has 0 unspecified atom stereocenters.